The van der Waals surface area contributed by atoms with Crippen LogP contribution in [-0.4, -0.2) is 35.2 Å². The summed E-state index contributed by atoms with van der Waals surface area (Å²) >= 11 is 0. The van der Waals surface area contributed by atoms with Crippen molar-refractivity contribution in [1.29, 1.82) is 0 Å². The quantitative estimate of drug-likeness (QED) is 0.774. The van der Waals surface area contributed by atoms with Crippen LogP contribution in [-0.2, 0) is 20.0 Å². The summed E-state index contributed by atoms with van der Waals surface area (Å²) in [7, 11) is -7.14. The maximum Gasteiger partial charge on any atom is 0.240 e. The van der Waals surface area contributed by atoms with Gasteiger partial charge < -0.3 is 0 Å². The third-order valence-electron chi connectivity index (χ3n) is 3.75. The smallest absolute Gasteiger partial charge is 0.212 e. The van der Waals surface area contributed by atoms with E-state index in [2.05, 4.69) is 9.44 Å². The lowest BCUT2D eigenvalue weighted by molar-refractivity contribution is 0.550. The minimum absolute atomic E-state index is 0.00188. The first-order valence-electron chi connectivity index (χ1n) is 7.35. The number of benzene rings is 1. The van der Waals surface area contributed by atoms with Crippen molar-refractivity contribution in [3.05, 3.63) is 29.8 Å². The Kier molecular flexibility index (Phi) is 5.60. The van der Waals surface area contributed by atoms with Gasteiger partial charge in [-0.25, -0.2) is 26.3 Å². The van der Waals surface area contributed by atoms with E-state index in [4.69, 9.17) is 0 Å². The zero-order chi connectivity index (χ0) is 16.2. The topological polar surface area (TPSA) is 92.3 Å². The maximum absolute atomic E-state index is 12.2. The first-order valence-corrected chi connectivity index (χ1v) is 10.5. The van der Waals surface area contributed by atoms with Crippen molar-refractivity contribution in [1.82, 2.24) is 9.44 Å². The molecule has 124 valence electrons. The molecule has 0 radical (unpaired) electrons. The molecule has 0 saturated heterocycles. The summed E-state index contributed by atoms with van der Waals surface area (Å²) in [5.74, 6) is -0.255. The Bertz CT molecular complexity index is 708. The average molecular weight is 346 g/mol. The number of hydrogen-bond acceptors (Lipinski definition) is 4. The van der Waals surface area contributed by atoms with Gasteiger partial charge in [0.2, 0.25) is 20.0 Å². The highest BCUT2D eigenvalue weighted by molar-refractivity contribution is 7.90. The molecule has 0 spiro atoms. The predicted molar refractivity (Wildman–Crippen MR) is 85.5 cm³/mol. The summed E-state index contributed by atoms with van der Waals surface area (Å²) in [6.45, 7) is 1.56. The van der Waals surface area contributed by atoms with Gasteiger partial charge in [0.05, 0.1) is 10.6 Å². The zero-order valence-corrected chi connectivity index (χ0v) is 14.2. The molecular formula is C14H22N2O4S2. The fraction of sp³-hybridized carbons (Fsp3) is 0.571. The van der Waals surface area contributed by atoms with Crippen molar-refractivity contribution in [2.24, 2.45) is 0 Å². The lowest BCUT2D eigenvalue weighted by atomic mass is 10.2. The molecule has 0 aromatic heterocycles. The standard InChI is InChI=1S/C14H22N2O4S2/c1-12-6-2-5-9-14(12)22(19,20)15-10-11-21(17,18)16-13-7-3-4-8-13/h2,5-6,9,13,15-16H,3-4,7-8,10-11H2,1H3. The van der Waals surface area contributed by atoms with Crippen LogP contribution in [0.15, 0.2) is 29.2 Å². The van der Waals surface area contributed by atoms with Gasteiger partial charge >= 0.3 is 0 Å². The molecule has 1 fully saturated rings. The van der Waals surface area contributed by atoms with Gasteiger partial charge in [-0.3, -0.25) is 0 Å². The summed E-state index contributed by atoms with van der Waals surface area (Å²) in [5.41, 5.74) is 0.627. The van der Waals surface area contributed by atoms with E-state index in [9.17, 15) is 16.8 Å². The summed E-state index contributed by atoms with van der Waals surface area (Å²) in [5, 5.41) is 0. The highest BCUT2D eigenvalue weighted by Gasteiger charge is 2.22. The third kappa shape index (κ3) is 4.77. The molecule has 2 N–H and O–H groups in total. The van der Waals surface area contributed by atoms with Crippen molar-refractivity contribution >= 4 is 20.0 Å². The monoisotopic (exact) mass is 346 g/mol. The normalized spacial score (nSPS) is 17.0. The molecule has 1 aromatic carbocycles. The van der Waals surface area contributed by atoms with Gasteiger partial charge in [0.15, 0.2) is 0 Å². The van der Waals surface area contributed by atoms with Crippen LogP contribution in [0, 0.1) is 6.92 Å². The molecule has 1 saturated carbocycles. The van der Waals surface area contributed by atoms with E-state index in [-0.39, 0.29) is 23.2 Å². The van der Waals surface area contributed by atoms with Gasteiger partial charge in [-0.1, -0.05) is 31.0 Å². The second-order valence-corrected chi connectivity index (χ2v) is 9.19. The van der Waals surface area contributed by atoms with Gasteiger partial charge in [-0.15, -0.1) is 0 Å². The Morgan fingerprint density at radius 2 is 1.73 bits per heavy atom. The van der Waals surface area contributed by atoms with Crippen LogP contribution in [0.2, 0.25) is 0 Å². The lowest BCUT2D eigenvalue weighted by Crippen LogP contribution is -2.38. The molecule has 2 rings (SSSR count). The number of rotatable bonds is 7. The fourth-order valence-corrected chi connectivity index (χ4v) is 5.24. The van der Waals surface area contributed by atoms with Crippen molar-refractivity contribution in [2.45, 2.75) is 43.5 Å². The first-order chi connectivity index (χ1) is 10.3. The van der Waals surface area contributed by atoms with E-state index in [1.807, 2.05) is 0 Å². The fourth-order valence-electron chi connectivity index (χ4n) is 2.60. The molecule has 1 aromatic rings. The SMILES string of the molecule is Cc1ccccc1S(=O)(=O)NCCS(=O)(=O)NC1CCCC1. The maximum atomic E-state index is 12.2. The lowest BCUT2D eigenvalue weighted by Gasteiger charge is -2.13. The summed E-state index contributed by atoms with van der Waals surface area (Å²) in [4.78, 5) is 0.177. The number of hydrogen-bond donors (Lipinski definition) is 2. The van der Waals surface area contributed by atoms with Gasteiger partial charge in [0.1, 0.15) is 0 Å². The molecule has 0 amide bonds. The van der Waals surface area contributed by atoms with Gasteiger partial charge in [0, 0.05) is 12.6 Å². The minimum Gasteiger partial charge on any atom is -0.212 e. The largest absolute Gasteiger partial charge is 0.240 e. The Labute approximate surface area is 132 Å². The summed E-state index contributed by atoms with van der Waals surface area (Å²) < 4.78 is 53.2. The Morgan fingerprint density at radius 3 is 2.36 bits per heavy atom. The Hall–Kier alpha value is -0.960. The van der Waals surface area contributed by atoms with Gasteiger partial charge in [-0.2, -0.15) is 0 Å². The molecule has 0 atom stereocenters. The van der Waals surface area contributed by atoms with Crippen LogP contribution in [0.5, 0.6) is 0 Å². The first kappa shape index (κ1) is 17.4. The van der Waals surface area contributed by atoms with E-state index in [0.29, 0.717) is 5.56 Å². The van der Waals surface area contributed by atoms with E-state index in [1.165, 1.54) is 6.07 Å². The molecule has 22 heavy (non-hydrogen) atoms. The van der Waals surface area contributed by atoms with E-state index in [0.717, 1.165) is 25.7 Å². The van der Waals surface area contributed by atoms with Crippen LogP contribution in [0.1, 0.15) is 31.2 Å². The van der Waals surface area contributed by atoms with Crippen LogP contribution < -0.4 is 9.44 Å². The number of aryl methyl sites for hydroxylation is 1. The zero-order valence-electron chi connectivity index (χ0n) is 12.6. The Balaban J connectivity index is 1.91. The Morgan fingerprint density at radius 1 is 1.09 bits per heavy atom. The van der Waals surface area contributed by atoms with E-state index < -0.39 is 20.0 Å². The van der Waals surface area contributed by atoms with Crippen molar-refractivity contribution in [3.8, 4) is 0 Å². The number of sulfonamides is 2. The molecule has 1 aliphatic carbocycles. The van der Waals surface area contributed by atoms with Crippen LogP contribution in [0.4, 0.5) is 0 Å². The predicted octanol–water partition coefficient (Wildman–Crippen LogP) is 1.14. The van der Waals surface area contributed by atoms with Gasteiger partial charge in [-0.05, 0) is 31.4 Å². The highest BCUT2D eigenvalue weighted by atomic mass is 32.2. The van der Waals surface area contributed by atoms with E-state index >= 15 is 0 Å². The second-order valence-electron chi connectivity index (χ2n) is 5.58. The molecule has 1 aliphatic rings. The molecular weight excluding hydrogens is 324 g/mol. The molecule has 0 aliphatic heterocycles. The summed E-state index contributed by atoms with van der Waals surface area (Å²) in [6.07, 6.45) is 3.78. The molecule has 0 unspecified atom stereocenters. The second kappa shape index (κ2) is 7.08. The van der Waals surface area contributed by atoms with Crippen molar-refractivity contribution in [2.75, 3.05) is 12.3 Å². The average Bonchev–Trinajstić information content (AvgIpc) is 2.90. The highest BCUT2D eigenvalue weighted by Crippen LogP contribution is 2.18. The van der Waals surface area contributed by atoms with E-state index in [1.54, 1.807) is 25.1 Å². The minimum atomic E-state index is -3.68. The van der Waals surface area contributed by atoms with Crippen LogP contribution >= 0.6 is 0 Å². The molecule has 8 heteroatoms. The van der Waals surface area contributed by atoms with Crippen molar-refractivity contribution < 1.29 is 16.8 Å². The molecule has 0 bridgehead atoms. The third-order valence-corrected chi connectivity index (χ3v) is 6.80. The van der Waals surface area contributed by atoms with Crippen LogP contribution in [0.3, 0.4) is 0 Å². The van der Waals surface area contributed by atoms with Gasteiger partial charge in [0.25, 0.3) is 0 Å². The van der Waals surface area contributed by atoms with Crippen molar-refractivity contribution in [3.63, 3.8) is 0 Å². The summed E-state index contributed by atoms with van der Waals surface area (Å²) in [6, 6.07) is 6.60. The molecule has 0 heterocycles. The van der Waals surface area contributed by atoms with Crippen LogP contribution in [0.25, 0.3) is 0 Å². The number of nitrogens with one attached hydrogen (secondary N) is 2. The molecule has 6 nitrogen and oxygen atoms in total.